The van der Waals surface area contributed by atoms with Gasteiger partial charge in [0.15, 0.2) is 0 Å². The van der Waals surface area contributed by atoms with Crippen molar-refractivity contribution in [1.29, 1.82) is 0 Å². The van der Waals surface area contributed by atoms with Crippen molar-refractivity contribution >= 4 is 10.8 Å². The molecule has 3 aromatic carbocycles. The fourth-order valence-electron chi connectivity index (χ4n) is 4.11. The normalized spacial score (nSPS) is 13.4. The molecule has 0 bridgehead atoms. The molecule has 0 N–H and O–H groups in total. The molecule has 0 nitrogen and oxygen atoms in total. The Morgan fingerprint density at radius 1 is 1.04 bits per heavy atom. The molecule has 0 unspecified atom stereocenters. The minimum atomic E-state index is 0. The third kappa shape index (κ3) is 2.69. The maximum Gasteiger partial charge on any atom is 1.00 e. The van der Waals surface area contributed by atoms with Crippen molar-refractivity contribution in [2.45, 2.75) is 46.0 Å². The number of hydrogen-bond donors (Lipinski definition) is 0. The summed E-state index contributed by atoms with van der Waals surface area (Å²) >= 11 is 0. The van der Waals surface area contributed by atoms with Crippen LogP contribution in [-0.4, -0.2) is 0 Å². The van der Waals surface area contributed by atoms with Gasteiger partial charge in [-0.05, 0) is 36.3 Å². The second-order valence-corrected chi connectivity index (χ2v) is 7.02. The number of aryl methyl sites for hydroxylation is 2. The summed E-state index contributed by atoms with van der Waals surface area (Å²) in [6.45, 7) is 6.81. The first kappa shape index (κ1) is 16.5. The minimum absolute atomic E-state index is 0. The van der Waals surface area contributed by atoms with Crippen LogP contribution in [0.25, 0.3) is 21.9 Å². The van der Waals surface area contributed by atoms with E-state index in [1.807, 2.05) is 0 Å². The molecule has 112 valence electrons. The van der Waals surface area contributed by atoms with Gasteiger partial charge in [0.25, 0.3) is 0 Å². The van der Waals surface area contributed by atoms with Gasteiger partial charge in [-0.15, -0.1) is 28.5 Å². The van der Waals surface area contributed by atoms with Crippen LogP contribution in [0.2, 0.25) is 0 Å². The van der Waals surface area contributed by atoms with E-state index in [-0.39, 0.29) is 18.9 Å². The Hall–Kier alpha value is -1.35. The summed E-state index contributed by atoms with van der Waals surface area (Å²) in [6.07, 6.45) is 3.78. The molecule has 0 amide bonds. The third-order valence-electron chi connectivity index (χ3n) is 5.08. The van der Waals surface area contributed by atoms with E-state index in [0.717, 1.165) is 0 Å². The van der Waals surface area contributed by atoms with E-state index in [9.17, 15) is 0 Å². The average Bonchev–Trinajstić information content (AvgIpc) is 3.09. The quantitative estimate of drug-likeness (QED) is 0.503. The molecular weight excluding hydrogens is 271 g/mol. The van der Waals surface area contributed by atoms with Crippen LogP contribution in [0.3, 0.4) is 0 Å². The monoisotopic (exact) mass is 294 g/mol. The number of fused-ring (bicyclic) bond motifs is 2. The average molecular weight is 294 g/mol. The Morgan fingerprint density at radius 2 is 1.83 bits per heavy atom. The number of hydrogen-bond acceptors (Lipinski definition) is 0. The molecule has 0 saturated carbocycles. The van der Waals surface area contributed by atoms with Gasteiger partial charge in [0.1, 0.15) is 0 Å². The predicted octanol–water partition coefficient (Wildman–Crippen LogP) is 3.15. The van der Waals surface area contributed by atoms with Crippen LogP contribution in [0.15, 0.2) is 42.5 Å². The Labute approximate surface area is 151 Å². The molecule has 0 fully saturated rings. The number of rotatable bonds is 2. The number of benzene rings is 2. The van der Waals surface area contributed by atoms with Gasteiger partial charge >= 0.3 is 18.9 Å². The largest absolute Gasteiger partial charge is 1.00 e. The van der Waals surface area contributed by atoms with E-state index >= 15 is 0 Å². The van der Waals surface area contributed by atoms with Gasteiger partial charge in [0.05, 0.1) is 0 Å². The van der Waals surface area contributed by atoms with Crippen molar-refractivity contribution in [1.82, 2.24) is 0 Å². The van der Waals surface area contributed by atoms with Gasteiger partial charge in [0, 0.05) is 0 Å². The Bertz CT molecular complexity index is 852. The molecule has 0 heterocycles. The van der Waals surface area contributed by atoms with Gasteiger partial charge in [-0.3, -0.25) is 0 Å². The SMILES string of the molecule is Cc1cc2c(-c3ccccc3C(C)C)c3c(cc2[cH-]1)CCC3.[Li+]. The Kier molecular flexibility index (Phi) is 4.50. The van der Waals surface area contributed by atoms with Gasteiger partial charge < -0.3 is 0 Å². The van der Waals surface area contributed by atoms with E-state index in [1.54, 1.807) is 11.1 Å². The van der Waals surface area contributed by atoms with E-state index in [1.165, 1.54) is 52.3 Å². The fraction of sp³-hybridized carbons (Fsp3) is 0.318. The van der Waals surface area contributed by atoms with E-state index in [0.29, 0.717) is 5.92 Å². The summed E-state index contributed by atoms with van der Waals surface area (Å²) < 4.78 is 0. The summed E-state index contributed by atoms with van der Waals surface area (Å²) in [5.41, 5.74) is 9.00. The second-order valence-electron chi connectivity index (χ2n) is 7.02. The molecule has 1 aliphatic rings. The summed E-state index contributed by atoms with van der Waals surface area (Å²) in [5, 5.41) is 2.87. The first-order chi connectivity index (χ1) is 10.6. The Balaban J connectivity index is 0.00000156. The fourth-order valence-corrected chi connectivity index (χ4v) is 4.11. The molecule has 3 aromatic rings. The van der Waals surface area contributed by atoms with Gasteiger partial charge in [-0.1, -0.05) is 61.7 Å². The second kappa shape index (κ2) is 6.27. The molecule has 0 saturated heterocycles. The first-order valence-electron chi connectivity index (χ1n) is 8.46. The van der Waals surface area contributed by atoms with E-state index in [4.69, 9.17) is 0 Å². The molecule has 1 heteroatoms. The molecule has 1 aliphatic carbocycles. The molecule has 23 heavy (non-hydrogen) atoms. The van der Waals surface area contributed by atoms with Crippen LogP contribution in [0.5, 0.6) is 0 Å². The minimum Gasteiger partial charge on any atom is -0.165 e. The van der Waals surface area contributed by atoms with Gasteiger partial charge in [0.2, 0.25) is 0 Å². The smallest absolute Gasteiger partial charge is 0.165 e. The van der Waals surface area contributed by atoms with Gasteiger partial charge in [-0.25, -0.2) is 0 Å². The van der Waals surface area contributed by atoms with E-state index in [2.05, 4.69) is 63.2 Å². The molecule has 0 radical (unpaired) electrons. The molecule has 0 spiro atoms. The zero-order valence-electron chi connectivity index (χ0n) is 14.7. The van der Waals surface area contributed by atoms with Crippen LogP contribution in [0.4, 0.5) is 0 Å². The van der Waals surface area contributed by atoms with Crippen molar-refractivity contribution in [2.24, 2.45) is 0 Å². The summed E-state index contributed by atoms with van der Waals surface area (Å²) in [4.78, 5) is 0. The summed E-state index contributed by atoms with van der Waals surface area (Å²) in [5.74, 6) is 0.555. The molecule has 4 rings (SSSR count). The van der Waals surface area contributed by atoms with Crippen LogP contribution < -0.4 is 18.9 Å². The maximum atomic E-state index is 2.44. The van der Waals surface area contributed by atoms with E-state index < -0.39 is 0 Å². The molecule has 0 aromatic heterocycles. The molecule has 0 atom stereocenters. The topological polar surface area (TPSA) is 0 Å². The van der Waals surface area contributed by atoms with Crippen LogP contribution in [0.1, 0.15) is 48.4 Å². The van der Waals surface area contributed by atoms with Crippen molar-refractivity contribution in [3.8, 4) is 11.1 Å². The van der Waals surface area contributed by atoms with Crippen LogP contribution in [0, 0.1) is 6.92 Å². The van der Waals surface area contributed by atoms with Gasteiger partial charge in [-0.2, -0.15) is 6.07 Å². The zero-order valence-corrected chi connectivity index (χ0v) is 14.7. The maximum absolute atomic E-state index is 2.44. The predicted molar refractivity (Wildman–Crippen MR) is 95.8 cm³/mol. The molecule has 0 aliphatic heterocycles. The van der Waals surface area contributed by atoms with Crippen molar-refractivity contribution in [2.75, 3.05) is 0 Å². The standard InChI is InChI=1S/C22H23.Li/c1-14(2)18-8-4-5-9-20(18)22-19-10-6-7-16(19)13-17-11-15(3)12-21(17)22;/h4-5,8-9,11-14H,6-7,10H2,1-3H3;/q-1;+1. The van der Waals surface area contributed by atoms with Crippen molar-refractivity contribution in [3.63, 3.8) is 0 Å². The first-order valence-corrected chi connectivity index (χ1v) is 8.46. The Morgan fingerprint density at radius 3 is 2.61 bits per heavy atom. The zero-order chi connectivity index (χ0) is 15.3. The van der Waals surface area contributed by atoms with Crippen LogP contribution in [-0.2, 0) is 12.8 Å². The molecular formula is C22H23Li. The van der Waals surface area contributed by atoms with Crippen LogP contribution >= 0.6 is 0 Å². The third-order valence-corrected chi connectivity index (χ3v) is 5.08. The summed E-state index contributed by atoms with van der Waals surface area (Å²) in [6, 6.07) is 16.1. The summed E-state index contributed by atoms with van der Waals surface area (Å²) in [7, 11) is 0. The van der Waals surface area contributed by atoms with Crippen molar-refractivity contribution < 1.29 is 18.9 Å². The van der Waals surface area contributed by atoms with Crippen molar-refractivity contribution in [3.05, 3.63) is 64.7 Å².